The summed E-state index contributed by atoms with van der Waals surface area (Å²) in [6.07, 6.45) is 4.19. The fraction of sp³-hybridized carbons (Fsp3) is 0.476. The minimum Gasteiger partial charge on any atom is -0.382 e. The van der Waals surface area contributed by atoms with Gasteiger partial charge in [-0.25, -0.2) is 4.39 Å². The monoisotopic (exact) mass is 402 g/mol. The van der Waals surface area contributed by atoms with Gasteiger partial charge < -0.3 is 15.0 Å². The summed E-state index contributed by atoms with van der Waals surface area (Å²) < 4.78 is 19.4. The molecule has 2 aliphatic heterocycles. The van der Waals surface area contributed by atoms with E-state index < -0.39 is 0 Å². The number of nitrogens with one attached hydrogen (secondary N) is 1. The number of pyridine rings is 1. The molecule has 2 aromatic rings. The average Bonchev–Trinajstić information content (AvgIpc) is 2.97. The fourth-order valence-electron chi connectivity index (χ4n) is 3.98. The molecule has 2 aliphatic rings. The van der Waals surface area contributed by atoms with Crippen LogP contribution in [0.15, 0.2) is 18.3 Å². The van der Waals surface area contributed by atoms with Crippen molar-refractivity contribution in [3.8, 4) is 0 Å². The molecule has 1 unspecified atom stereocenters. The highest BCUT2D eigenvalue weighted by Crippen LogP contribution is 2.34. The molecule has 5 nitrogen and oxygen atoms in total. The average molecular weight is 403 g/mol. The molecule has 150 valence electrons. The van der Waals surface area contributed by atoms with E-state index in [1.807, 2.05) is 13.1 Å². The second-order valence-corrected chi connectivity index (χ2v) is 8.65. The Bertz CT molecular complexity index is 973. The Kier molecular flexibility index (Phi) is 5.66. The van der Waals surface area contributed by atoms with Gasteiger partial charge in [-0.1, -0.05) is 0 Å². The zero-order valence-corrected chi connectivity index (χ0v) is 17.5. The van der Waals surface area contributed by atoms with Crippen LogP contribution in [0.1, 0.15) is 23.8 Å². The highest BCUT2D eigenvalue weighted by atomic mass is 32.1. The lowest BCUT2D eigenvalue weighted by Gasteiger charge is -2.41. The predicted molar refractivity (Wildman–Crippen MR) is 112 cm³/mol. The quantitative estimate of drug-likeness (QED) is 0.775. The van der Waals surface area contributed by atoms with Crippen molar-refractivity contribution >= 4 is 28.2 Å². The second kappa shape index (κ2) is 8.19. The van der Waals surface area contributed by atoms with E-state index in [-0.39, 0.29) is 5.82 Å². The van der Waals surface area contributed by atoms with Crippen molar-refractivity contribution in [2.24, 2.45) is 0 Å². The van der Waals surface area contributed by atoms with Crippen molar-refractivity contribution in [2.75, 3.05) is 45.2 Å². The lowest BCUT2D eigenvalue weighted by molar-refractivity contribution is 0.0812. The van der Waals surface area contributed by atoms with E-state index in [9.17, 15) is 4.39 Å². The third kappa shape index (κ3) is 3.79. The molecule has 0 radical (unpaired) electrons. The predicted octanol–water partition coefficient (Wildman–Crippen LogP) is 1.95. The topological polar surface area (TPSA) is 40.6 Å². The highest BCUT2D eigenvalue weighted by molar-refractivity contribution is 7.16. The van der Waals surface area contributed by atoms with E-state index in [1.165, 1.54) is 11.1 Å². The Morgan fingerprint density at radius 1 is 1.36 bits per heavy atom. The fourth-order valence-corrected chi connectivity index (χ4v) is 4.86. The minimum atomic E-state index is -0.314. The van der Waals surface area contributed by atoms with Crippen LogP contribution < -0.4 is 15.9 Å². The Morgan fingerprint density at radius 3 is 3.04 bits per heavy atom. The van der Waals surface area contributed by atoms with Crippen molar-refractivity contribution in [3.05, 3.63) is 45.2 Å². The van der Waals surface area contributed by atoms with E-state index in [2.05, 4.69) is 40.1 Å². The Labute approximate surface area is 169 Å². The minimum absolute atomic E-state index is 0.314. The van der Waals surface area contributed by atoms with E-state index in [0.29, 0.717) is 6.04 Å². The first-order valence-corrected chi connectivity index (χ1v) is 10.6. The summed E-state index contributed by atoms with van der Waals surface area (Å²) >= 11 is 1.72. The number of nitrogens with zero attached hydrogens (tertiary/aromatic N) is 3. The largest absolute Gasteiger partial charge is 0.382 e. The molecule has 1 atom stereocenters. The summed E-state index contributed by atoms with van der Waals surface area (Å²) in [5.41, 5.74) is 2.26. The lowest BCUT2D eigenvalue weighted by Crippen LogP contribution is -2.52. The standard InChI is InChI=1S/C21H27FN4OS/c1-4-27-8-5-17-13-26(7-6-25(17)3)20-18-9-14(2)28-21(18)24-11-15-10-16(22)12-23-19(15)20/h9-12,17,24H,4-8,13H2,1-3H3. The van der Waals surface area contributed by atoms with Gasteiger partial charge in [0.05, 0.1) is 17.2 Å². The third-order valence-corrected chi connectivity index (χ3v) is 6.45. The number of anilines is 1. The molecule has 0 aromatic carbocycles. The molecule has 0 aliphatic carbocycles. The first kappa shape index (κ1) is 19.4. The van der Waals surface area contributed by atoms with Crippen LogP contribution in [0.3, 0.4) is 0 Å². The number of hydrogen-bond donors (Lipinski definition) is 1. The van der Waals surface area contributed by atoms with Crippen LogP contribution in [0.4, 0.5) is 9.39 Å². The molecule has 4 rings (SSSR count). The number of fused-ring (bicyclic) bond motifs is 2. The molecule has 1 N–H and O–H groups in total. The van der Waals surface area contributed by atoms with Crippen molar-refractivity contribution in [1.29, 1.82) is 0 Å². The number of thiophene rings is 1. The molecule has 1 fully saturated rings. The highest BCUT2D eigenvalue weighted by Gasteiger charge is 2.29. The molecule has 7 heteroatoms. The summed E-state index contributed by atoms with van der Waals surface area (Å²) in [5, 5.41) is 6.10. The molecule has 0 spiro atoms. The zero-order chi connectivity index (χ0) is 19.7. The van der Waals surface area contributed by atoms with Crippen LogP contribution in [0, 0.1) is 12.7 Å². The molecule has 0 saturated carbocycles. The van der Waals surface area contributed by atoms with Gasteiger partial charge in [0.2, 0.25) is 0 Å². The normalized spacial score (nSPS) is 19.5. The van der Waals surface area contributed by atoms with Crippen molar-refractivity contribution in [1.82, 2.24) is 14.8 Å². The van der Waals surface area contributed by atoms with Gasteiger partial charge in [-0.05, 0) is 39.4 Å². The first-order chi connectivity index (χ1) is 13.6. The van der Waals surface area contributed by atoms with Gasteiger partial charge in [0, 0.05) is 60.7 Å². The van der Waals surface area contributed by atoms with Gasteiger partial charge in [0.15, 0.2) is 0 Å². The summed E-state index contributed by atoms with van der Waals surface area (Å²) in [7, 11) is 2.18. The summed E-state index contributed by atoms with van der Waals surface area (Å²) in [6, 6.07) is 4.19. The van der Waals surface area contributed by atoms with Gasteiger partial charge in [-0.3, -0.25) is 9.88 Å². The van der Waals surface area contributed by atoms with Crippen molar-refractivity contribution in [2.45, 2.75) is 26.3 Å². The molecule has 0 bridgehead atoms. The maximum Gasteiger partial charge on any atom is 0.142 e. The molecule has 0 amide bonds. The number of halogens is 1. The molecular formula is C21H27FN4OS. The summed E-state index contributed by atoms with van der Waals surface area (Å²) in [6.45, 7) is 8.48. The Morgan fingerprint density at radius 2 is 2.21 bits per heavy atom. The van der Waals surface area contributed by atoms with E-state index in [1.54, 1.807) is 17.4 Å². The van der Waals surface area contributed by atoms with Gasteiger partial charge in [-0.2, -0.15) is 0 Å². The summed E-state index contributed by atoms with van der Waals surface area (Å²) in [5.74, 6) is -0.314. The number of rotatable bonds is 5. The maximum absolute atomic E-state index is 13.9. The van der Waals surface area contributed by atoms with Gasteiger partial charge in [-0.15, -0.1) is 11.3 Å². The molecule has 4 heterocycles. The van der Waals surface area contributed by atoms with Crippen LogP contribution in [0.5, 0.6) is 0 Å². The van der Waals surface area contributed by atoms with Gasteiger partial charge in [0.1, 0.15) is 10.8 Å². The van der Waals surface area contributed by atoms with Crippen LogP contribution in [0.25, 0.3) is 11.9 Å². The molecule has 1 saturated heterocycles. The van der Waals surface area contributed by atoms with Crippen molar-refractivity contribution in [3.63, 3.8) is 0 Å². The number of piperazine rings is 1. The zero-order valence-electron chi connectivity index (χ0n) is 16.7. The number of hydrogen-bond acceptors (Lipinski definition) is 6. The number of likely N-dealkylation sites (N-methyl/N-ethyl adjacent to an activating group) is 1. The number of aromatic nitrogens is 1. The molecule has 28 heavy (non-hydrogen) atoms. The van der Waals surface area contributed by atoms with Gasteiger partial charge >= 0.3 is 0 Å². The van der Waals surface area contributed by atoms with Crippen LogP contribution in [0.2, 0.25) is 0 Å². The maximum atomic E-state index is 13.9. The molecule has 2 aromatic heterocycles. The third-order valence-electron chi connectivity index (χ3n) is 5.47. The van der Waals surface area contributed by atoms with E-state index >= 15 is 0 Å². The summed E-state index contributed by atoms with van der Waals surface area (Å²) in [4.78, 5) is 10.6. The second-order valence-electron chi connectivity index (χ2n) is 7.39. The lowest BCUT2D eigenvalue weighted by atomic mass is 10.1. The smallest absolute Gasteiger partial charge is 0.142 e. The number of ether oxygens (including phenoxy) is 1. The van der Waals surface area contributed by atoms with Gasteiger partial charge in [0.25, 0.3) is 0 Å². The van der Waals surface area contributed by atoms with E-state index in [4.69, 9.17) is 4.74 Å². The van der Waals surface area contributed by atoms with Crippen LogP contribution in [-0.4, -0.2) is 60.7 Å². The van der Waals surface area contributed by atoms with Crippen LogP contribution >= 0.6 is 11.3 Å². The SMILES string of the molecule is CCOCCC1CN(C2=c3ncc(F)cc3=CNc3sc(C)cc32)CCN1C. The molecular weight excluding hydrogens is 375 g/mol. The first-order valence-electron chi connectivity index (χ1n) is 9.83. The number of aryl methyl sites for hydroxylation is 1. The Balaban J connectivity index is 1.77. The Hall–Kier alpha value is -1.96. The van der Waals surface area contributed by atoms with Crippen LogP contribution in [-0.2, 0) is 4.74 Å². The van der Waals surface area contributed by atoms with E-state index in [0.717, 1.165) is 66.1 Å². The van der Waals surface area contributed by atoms with Crippen molar-refractivity contribution < 1.29 is 9.13 Å².